The number of aromatic nitrogens is 1. The van der Waals surface area contributed by atoms with Gasteiger partial charge in [-0.2, -0.15) is 4.57 Å². The van der Waals surface area contributed by atoms with E-state index in [0.29, 0.717) is 0 Å². The molecule has 0 saturated carbocycles. The molecule has 2 heteroatoms. The van der Waals surface area contributed by atoms with Gasteiger partial charge in [-0.15, -0.1) is 0 Å². The van der Waals surface area contributed by atoms with E-state index in [-0.39, 0.29) is 0 Å². The molecular formula is C15H20NO+. The van der Waals surface area contributed by atoms with Crippen LogP contribution in [0.2, 0.25) is 0 Å². The molecule has 2 rings (SSSR count). The molecule has 0 atom stereocenters. The predicted octanol–water partition coefficient (Wildman–Crippen LogP) is 2.94. The Labute approximate surface area is 103 Å². The SMILES string of the molecule is CCOCCCC[n+]1cccc2ccccc21. The van der Waals surface area contributed by atoms with Gasteiger partial charge in [0, 0.05) is 37.2 Å². The van der Waals surface area contributed by atoms with E-state index in [1.54, 1.807) is 0 Å². The molecule has 0 radical (unpaired) electrons. The van der Waals surface area contributed by atoms with Crippen molar-refractivity contribution in [2.75, 3.05) is 13.2 Å². The zero-order valence-corrected chi connectivity index (χ0v) is 10.4. The summed E-state index contributed by atoms with van der Waals surface area (Å²) in [7, 11) is 0. The summed E-state index contributed by atoms with van der Waals surface area (Å²) < 4.78 is 7.67. The molecule has 0 spiro atoms. The second-order valence-electron chi connectivity index (χ2n) is 4.16. The number of nitrogens with zero attached hydrogens (tertiary/aromatic N) is 1. The summed E-state index contributed by atoms with van der Waals surface area (Å²) in [5.41, 5.74) is 1.31. The van der Waals surface area contributed by atoms with Crippen molar-refractivity contribution < 1.29 is 9.30 Å². The molecule has 0 aliphatic rings. The fourth-order valence-electron chi connectivity index (χ4n) is 2.05. The van der Waals surface area contributed by atoms with E-state index < -0.39 is 0 Å². The van der Waals surface area contributed by atoms with Crippen molar-refractivity contribution in [3.63, 3.8) is 0 Å². The summed E-state index contributed by atoms with van der Waals surface area (Å²) in [5, 5.41) is 1.31. The van der Waals surface area contributed by atoms with Crippen LogP contribution in [0.15, 0.2) is 42.6 Å². The number of hydrogen-bond donors (Lipinski definition) is 0. The summed E-state index contributed by atoms with van der Waals surface area (Å²) in [4.78, 5) is 0. The van der Waals surface area contributed by atoms with Crippen molar-refractivity contribution in [2.45, 2.75) is 26.3 Å². The fraction of sp³-hybridized carbons (Fsp3) is 0.400. The van der Waals surface area contributed by atoms with E-state index in [4.69, 9.17) is 4.74 Å². The van der Waals surface area contributed by atoms with Crippen molar-refractivity contribution in [1.29, 1.82) is 0 Å². The maximum atomic E-state index is 5.35. The molecule has 1 aromatic carbocycles. The molecule has 2 nitrogen and oxygen atoms in total. The first-order valence-corrected chi connectivity index (χ1v) is 6.37. The average Bonchev–Trinajstić information content (AvgIpc) is 2.39. The van der Waals surface area contributed by atoms with Gasteiger partial charge in [0.25, 0.3) is 0 Å². The highest BCUT2D eigenvalue weighted by Gasteiger charge is 2.06. The minimum Gasteiger partial charge on any atom is -0.382 e. The van der Waals surface area contributed by atoms with Crippen molar-refractivity contribution in [3.8, 4) is 0 Å². The van der Waals surface area contributed by atoms with Gasteiger partial charge < -0.3 is 4.74 Å². The van der Waals surface area contributed by atoms with Crippen molar-refractivity contribution in [1.82, 2.24) is 0 Å². The standard InChI is InChI=1S/C15H20NO/c1-2-17-13-6-5-11-16-12-7-9-14-8-3-4-10-15(14)16/h3-4,7-10,12H,2,5-6,11,13H2,1H3/q+1. The lowest BCUT2D eigenvalue weighted by Crippen LogP contribution is -2.34. The van der Waals surface area contributed by atoms with E-state index in [0.717, 1.165) is 26.2 Å². The Balaban J connectivity index is 1.98. The van der Waals surface area contributed by atoms with Crippen LogP contribution in [-0.2, 0) is 11.3 Å². The second kappa shape index (κ2) is 6.36. The minimum absolute atomic E-state index is 0.821. The highest BCUT2D eigenvalue weighted by Crippen LogP contribution is 2.08. The first-order chi connectivity index (χ1) is 8.42. The lowest BCUT2D eigenvalue weighted by Gasteiger charge is -2.02. The van der Waals surface area contributed by atoms with Gasteiger partial charge in [-0.25, -0.2) is 0 Å². The van der Waals surface area contributed by atoms with Crippen LogP contribution >= 0.6 is 0 Å². The molecule has 2 aromatic rings. The number of unbranched alkanes of at least 4 members (excludes halogenated alkanes) is 1. The van der Waals surface area contributed by atoms with Crippen LogP contribution in [0.5, 0.6) is 0 Å². The zero-order valence-electron chi connectivity index (χ0n) is 10.4. The number of pyridine rings is 1. The lowest BCUT2D eigenvalue weighted by molar-refractivity contribution is -0.671. The van der Waals surface area contributed by atoms with E-state index in [1.165, 1.54) is 17.3 Å². The number of rotatable bonds is 6. The topological polar surface area (TPSA) is 13.1 Å². The molecule has 0 fully saturated rings. The van der Waals surface area contributed by atoms with E-state index >= 15 is 0 Å². The van der Waals surface area contributed by atoms with Gasteiger partial charge in [0.15, 0.2) is 6.20 Å². The fourth-order valence-corrected chi connectivity index (χ4v) is 2.05. The second-order valence-corrected chi connectivity index (χ2v) is 4.16. The monoisotopic (exact) mass is 230 g/mol. The Morgan fingerprint density at radius 3 is 2.76 bits per heavy atom. The number of benzene rings is 1. The van der Waals surface area contributed by atoms with Crippen LogP contribution in [0, 0.1) is 0 Å². The zero-order chi connectivity index (χ0) is 11.9. The van der Waals surface area contributed by atoms with Crippen molar-refractivity contribution in [3.05, 3.63) is 42.6 Å². The van der Waals surface area contributed by atoms with Crippen molar-refractivity contribution >= 4 is 10.9 Å². The van der Waals surface area contributed by atoms with Crippen LogP contribution in [0.1, 0.15) is 19.8 Å². The van der Waals surface area contributed by atoms with Crippen LogP contribution < -0.4 is 4.57 Å². The molecular weight excluding hydrogens is 210 g/mol. The Kier molecular flexibility index (Phi) is 4.51. The quantitative estimate of drug-likeness (QED) is 0.549. The molecule has 0 saturated heterocycles. The summed E-state index contributed by atoms with van der Waals surface area (Å²) >= 11 is 0. The Hall–Kier alpha value is -1.41. The molecule has 0 amide bonds. The number of para-hydroxylation sites is 1. The first kappa shape index (κ1) is 12.1. The molecule has 1 heterocycles. The third-order valence-corrected chi connectivity index (χ3v) is 2.93. The molecule has 0 unspecified atom stereocenters. The molecule has 0 aliphatic carbocycles. The molecule has 1 aromatic heterocycles. The van der Waals surface area contributed by atoms with Crippen LogP contribution in [0.3, 0.4) is 0 Å². The maximum Gasteiger partial charge on any atom is 0.212 e. The Bertz CT molecular complexity index is 462. The average molecular weight is 230 g/mol. The smallest absolute Gasteiger partial charge is 0.212 e. The third kappa shape index (κ3) is 3.27. The van der Waals surface area contributed by atoms with E-state index in [2.05, 4.69) is 47.2 Å². The van der Waals surface area contributed by atoms with Gasteiger partial charge in [0.1, 0.15) is 6.54 Å². The highest BCUT2D eigenvalue weighted by molar-refractivity contribution is 5.74. The van der Waals surface area contributed by atoms with Gasteiger partial charge >= 0.3 is 0 Å². The minimum atomic E-state index is 0.821. The lowest BCUT2D eigenvalue weighted by atomic mass is 10.2. The number of ether oxygens (including phenoxy) is 1. The number of hydrogen-bond acceptors (Lipinski definition) is 1. The summed E-state index contributed by atoms with van der Waals surface area (Å²) in [6.45, 7) is 4.80. The van der Waals surface area contributed by atoms with Gasteiger partial charge in [-0.1, -0.05) is 12.1 Å². The third-order valence-electron chi connectivity index (χ3n) is 2.93. The molecule has 0 bridgehead atoms. The maximum absolute atomic E-state index is 5.35. The van der Waals surface area contributed by atoms with Gasteiger partial charge in [0.05, 0.1) is 0 Å². The van der Waals surface area contributed by atoms with Crippen LogP contribution in [0.25, 0.3) is 10.9 Å². The van der Waals surface area contributed by atoms with Crippen LogP contribution in [0.4, 0.5) is 0 Å². The summed E-state index contributed by atoms with van der Waals surface area (Å²) in [6, 6.07) is 12.8. The van der Waals surface area contributed by atoms with Crippen molar-refractivity contribution in [2.24, 2.45) is 0 Å². The largest absolute Gasteiger partial charge is 0.382 e. The Morgan fingerprint density at radius 2 is 1.88 bits per heavy atom. The highest BCUT2D eigenvalue weighted by atomic mass is 16.5. The summed E-state index contributed by atoms with van der Waals surface area (Å²) in [5.74, 6) is 0. The molecule has 90 valence electrons. The molecule has 0 aliphatic heterocycles. The van der Waals surface area contributed by atoms with Gasteiger partial charge in [-0.3, -0.25) is 0 Å². The molecule has 0 N–H and O–H groups in total. The first-order valence-electron chi connectivity index (χ1n) is 6.37. The predicted molar refractivity (Wildman–Crippen MR) is 69.9 cm³/mol. The summed E-state index contributed by atoms with van der Waals surface area (Å²) in [6.07, 6.45) is 4.45. The van der Waals surface area contributed by atoms with E-state index in [1.807, 2.05) is 6.92 Å². The van der Waals surface area contributed by atoms with E-state index in [9.17, 15) is 0 Å². The number of fused-ring (bicyclic) bond motifs is 1. The van der Waals surface area contributed by atoms with Crippen LogP contribution in [-0.4, -0.2) is 13.2 Å². The molecule has 17 heavy (non-hydrogen) atoms. The van der Waals surface area contributed by atoms with Gasteiger partial charge in [-0.05, 0) is 25.5 Å². The van der Waals surface area contributed by atoms with Gasteiger partial charge in [0.2, 0.25) is 5.52 Å². The normalized spacial score (nSPS) is 10.9. The Morgan fingerprint density at radius 1 is 1.06 bits per heavy atom. The number of aryl methyl sites for hydroxylation is 1.